The molecule has 1 aliphatic rings. The van der Waals surface area contributed by atoms with E-state index >= 15 is 0 Å². The molecular weight excluding hydrogens is 214 g/mol. The van der Waals surface area contributed by atoms with Crippen LogP contribution in [0.5, 0.6) is 5.75 Å². The van der Waals surface area contributed by atoms with Gasteiger partial charge in [-0.3, -0.25) is 4.98 Å². The topological polar surface area (TPSA) is 39.9 Å². The van der Waals surface area contributed by atoms with Crippen LogP contribution in [0.2, 0.25) is 0 Å². The summed E-state index contributed by atoms with van der Waals surface area (Å²) in [6.45, 7) is 0.781. The molecule has 88 valence electrons. The predicted octanol–water partition coefficient (Wildman–Crippen LogP) is 2.21. The van der Waals surface area contributed by atoms with Crippen molar-refractivity contribution in [2.45, 2.75) is 25.3 Å². The number of pyridine rings is 1. The maximum Gasteiger partial charge on any atom is 0.126 e. The fourth-order valence-corrected chi connectivity index (χ4v) is 2.07. The molecule has 0 aliphatic heterocycles. The van der Waals surface area contributed by atoms with E-state index in [1.165, 1.54) is 18.7 Å². The van der Waals surface area contributed by atoms with Gasteiger partial charge in [0.15, 0.2) is 0 Å². The molecule has 1 aliphatic carbocycles. The van der Waals surface area contributed by atoms with E-state index in [1.807, 2.05) is 24.7 Å². The third-order valence-corrected chi connectivity index (χ3v) is 3.11. The lowest BCUT2D eigenvalue weighted by molar-refractivity contribution is 0.407. The highest BCUT2D eigenvalue weighted by Crippen LogP contribution is 2.39. The maximum absolute atomic E-state index is 5.34. The van der Waals surface area contributed by atoms with Crippen LogP contribution in [-0.4, -0.2) is 21.6 Å². The minimum absolute atomic E-state index is 0.660. The van der Waals surface area contributed by atoms with Crippen LogP contribution < -0.4 is 4.74 Å². The first kappa shape index (κ1) is 10.3. The second-order valence-corrected chi connectivity index (χ2v) is 4.38. The van der Waals surface area contributed by atoms with Gasteiger partial charge >= 0.3 is 0 Å². The summed E-state index contributed by atoms with van der Waals surface area (Å²) in [5.41, 5.74) is 1.09. The molecule has 4 nitrogen and oxygen atoms in total. The number of rotatable bonds is 4. The Balaban J connectivity index is 1.88. The summed E-state index contributed by atoms with van der Waals surface area (Å²) in [6.07, 6.45) is 10.0. The highest BCUT2D eigenvalue weighted by molar-refractivity contribution is 5.30. The summed E-state index contributed by atoms with van der Waals surface area (Å²) in [5, 5.41) is 0. The van der Waals surface area contributed by atoms with Crippen molar-refractivity contribution in [2.75, 3.05) is 7.11 Å². The van der Waals surface area contributed by atoms with Crippen molar-refractivity contribution in [1.82, 2.24) is 14.5 Å². The summed E-state index contributed by atoms with van der Waals surface area (Å²) in [7, 11) is 1.69. The second kappa shape index (κ2) is 4.20. The fourth-order valence-electron chi connectivity index (χ4n) is 2.07. The average molecular weight is 229 g/mol. The van der Waals surface area contributed by atoms with Crippen LogP contribution in [0.1, 0.15) is 30.1 Å². The van der Waals surface area contributed by atoms with Crippen molar-refractivity contribution < 1.29 is 4.74 Å². The van der Waals surface area contributed by atoms with E-state index in [2.05, 4.69) is 14.5 Å². The number of hydrogen-bond acceptors (Lipinski definition) is 3. The number of imidazole rings is 1. The highest BCUT2D eigenvalue weighted by Gasteiger charge is 2.27. The third-order valence-electron chi connectivity index (χ3n) is 3.11. The average Bonchev–Trinajstić information content (AvgIpc) is 3.11. The van der Waals surface area contributed by atoms with Gasteiger partial charge in [0.05, 0.1) is 13.7 Å². The predicted molar refractivity (Wildman–Crippen MR) is 64.1 cm³/mol. The van der Waals surface area contributed by atoms with Gasteiger partial charge in [0.1, 0.15) is 11.6 Å². The zero-order valence-electron chi connectivity index (χ0n) is 9.84. The first-order valence-corrected chi connectivity index (χ1v) is 5.86. The maximum atomic E-state index is 5.34. The normalized spacial score (nSPS) is 14.9. The number of methoxy groups -OCH3 is 1. The van der Waals surface area contributed by atoms with Crippen LogP contribution in [0.25, 0.3) is 0 Å². The third kappa shape index (κ3) is 2.02. The SMILES string of the molecule is COc1ccncc1Cn1ccnc1C1CC1. The first-order chi connectivity index (χ1) is 8.38. The smallest absolute Gasteiger partial charge is 0.126 e. The molecule has 0 amide bonds. The molecule has 2 heterocycles. The summed E-state index contributed by atoms with van der Waals surface area (Å²) >= 11 is 0. The number of nitrogens with zero attached hydrogens (tertiary/aromatic N) is 3. The summed E-state index contributed by atoms with van der Waals surface area (Å²) < 4.78 is 7.53. The molecule has 0 atom stereocenters. The van der Waals surface area contributed by atoms with Crippen LogP contribution >= 0.6 is 0 Å². The second-order valence-electron chi connectivity index (χ2n) is 4.38. The molecule has 2 aromatic rings. The minimum Gasteiger partial charge on any atom is -0.496 e. The van der Waals surface area contributed by atoms with Gasteiger partial charge in [-0.05, 0) is 18.9 Å². The van der Waals surface area contributed by atoms with Crippen molar-refractivity contribution >= 4 is 0 Å². The Morgan fingerprint density at radius 2 is 2.29 bits per heavy atom. The van der Waals surface area contributed by atoms with Crippen LogP contribution in [0.4, 0.5) is 0 Å². The van der Waals surface area contributed by atoms with Crippen molar-refractivity contribution in [3.05, 3.63) is 42.2 Å². The number of ether oxygens (including phenoxy) is 1. The largest absolute Gasteiger partial charge is 0.496 e. The van der Waals surface area contributed by atoms with Gasteiger partial charge in [0.25, 0.3) is 0 Å². The zero-order chi connectivity index (χ0) is 11.7. The van der Waals surface area contributed by atoms with Gasteiger partial charge in [0.2, 0.25) is 0 Å². The van der Waals surface area contributed by atoms with Gasteiger partial charge in [-0.2, -0.15) is 0 Å². The Bertz CT molecular complexity index is 517. The quantitative estimate of drug-likeness (QED) is 0.807. The first-order valence-electron chi connectivity index (χ1n) is 5.86. The summed E-state index contributed by atoms with van der Waals surface area (Å²) in [4.78, 5) is 8.58. The van der Waals surface area contributed by atoms with Crippen molar-refractivity contribution in [3.8, 4) is 5.75 Å². The molecule has 0 radical (unpaired) electrons. The van der Waals surface area contributed by atoms with Gasteiger partial charge in [-0.25, -0.2) is 4.98 Å². The van der Waals surface area contributed by atoms with Gasteiger partial charge in [0, 0.05) is 36.3 Å². The molecule has 0 spiro atoms. The molecule has 2 aromatic heterocycles. The minimum atomic E-state index is 0.660. The van der Waals surface area contributed by atoms with Crippen molar-refractivity contribution in [1.29, 1.82) is 0 Å². The Morgan fingerprint density at radius 3 is 3.06 bits per heavy atom. The Labute approximate surface area is 100 Å². The van der Waals surface area contributed by atoms with Crippen molar-refractivity contribution in [3.63, 3.8) is 0 Å². The van der Waals surface area contributed by atoms with Crippen LogP contribution in [0.3, 0.4) is 0 Å². The van der Waals surface area contributed by atoms with E-state index in [0.29, 0.717) is 5.92 Å². The monoisotopic (exact) mass is 229 g/mol. The van der Waals surface area contributed by atoms with E-state index in [9.17, 15) is 0 Å². The molecule has 0 unspecified atom stereocenters. The number of aromatic nitrogens is 3. The summed E-state index contributed by atoms with van der Waals surface area (Å²) in [5.74, 6) is 2.74. The van der Waals surface area contributed by atoms with Crippen LogP contribution in [0, 0.1) is 0 Å². The lowest BCUT2D eigenvalue weighted by atomic mass is 10.2. The van der Waals surface area contributed by atoms with Gasteiger partial charge in [-0.1, -0.05) is 0 Å². The van der Waals surface area contributed by atoms with Gasteiger partial charge < -0.3 is 9.30 Å². The Morgan fingerprint density at radius 1 is 1.41 bits per heavy atom. The van der Waals surface area contributed by atoms with E-state index in [4.69, 9.17) is 4.74 Å². The Kier molecular flexibility index (Phi) is 2.55. The molecule has 17 heavy (non-hydrogen) atoms. The number of hydrogen-bond donors (Lipinski definition) is 0. The van der Waals surface area contributed by atoms with Crippen molar-refractivity contribution in [2.24, 2.45) is 0 Å². The molecule has 0 bridgehead atoms. The fraction of sp³-hybridized carbons (Fsp3) is 0.385. The lowest BCUT2D eigenvalue weighted by Crippen LogP contribution is -2.05. The van der Waals surface area contributed by atoms with E-state index in [0.717, 1.165) is 17.9 Å². The molecule has 1 saturated carbocycles. The zero-order valence-corrected chi connectivity index (χ0v) is 9.84. The molecule has 1 fully saturated rings. The van der Waals surface area contributed by atoms with Gasteiger partial charge in [-0.15, -0.1) is 0 Å². The highest BCUT2D eigenvalue weighted by atomic mass is 16.5. The molecule has 4 heteroatoms. The van der Waals surface area contributed by atoms with E-state index < -0.39 is 0 Å². The lowest BCUT2D eigenvalue weighted by Gasteiger charge is -2.10. The molecule has 3 rings (SSSR count). The molecule has 0 N–H and O–H groups in total. The standard InChI is InChI=1S/C13H15N3O/c1-17-12-4-5-14-8-11(12)9-16-7-6-15-13(16)10-2-3-10/h4-8,10H,2-3,9H2,1H3. The van der Waals surface area contributed by atoms with E-state index in [-0.39, 0.29) is 0 Å². The molecular formula is C13H15N3O. The molecule has 0 saturated heterocycles. The van der Waals surface area contributed by atoms with Crippen LogP contribution in [0.15, 0.2) is 30.9 Å². The van der Waals surface area contributed by atoms with E-state index in [1.54, 1.807) is 13.3 Å². The summed E-state index contributed by atoms with van der Waals surface area (Å²) in [6, 6.07) is 1.89. The Hall–Kier alpha value is -1.84. The van der Waals surface area contributed by atoms with Crippen LogP contribution in [-0.2, 0) is 6.54 Å². The molecule has 0 aromatic carbocycles.